The smallest absolute Gasteiger partial charge is 0.310 e. The van der Waals surface area contributed by atoms with Crippen molar-refractivity contribution in [3.8, 4) is 17.0 Å². The van der Waals surface area contributed by atoms with Gasteiger partial charge < -0.3 is 10.1 Å². The zero-order valence-electron chi connectivity index (χ0n) is 17.1. The van der Waals surface area contributed by atoms with E-state index in [1.54, 1.807) is 18.2 Å². The Morgan fingerprint density at radius 2 is 1.93 bits per heavy atom. The number of rotatable bonds is 8. The van der Waals surface area contributed by atoms with Crippen molar-refractivity contribution in [1.29, 1.82) is 0 Å². The summed E-state index contributed by atoms with van der Waals surface area (Å²) in [5.41, 5.74) is 4.25. The maximum Gasteiger partial charge on any atom is 0.310 e. The average molecular weight is 426 g/mol. The molecule has 0 bridgehead atoms. The molecule has 0 aliphatic carbocycles. The zero-order valence-corrected chi connectivity index (χ0v) is 17.9. The van der Waals surface area contributed by atoms with E-state index in [0.29, 0.717) is 11.6 Å². The van der Waals surface area contributed by atoms with Crippen LogP contribution in [0.4, 0.5) is 10.8 Å². The van der Waals surface area contributed by atoms with Gasteiger partial charge in [0, 0.05) is 22.9 Å². The fraction of sp³-hybridized carbons (Fsp3) is 0.273. The quantitative estimate of drug-likeness (QED) is 0.294. The number of para-hydroxylation sites is 2. The highest BCUT2D eigenvalue weighted by atomic mass is 32.1. The molecule has 1 aromatic heterocycles. The number of nitrogens with zero attached hydrogens (tertiary/aromatic N) is 2. The molecular weight excluding hydrogens is 402 g/mol. The lowest BCUT2D eigenvalue weighted by Gasteiger charge is -2.06. The number of benzene rings is 2. The summed E-state index contributed by atoms with van der Waals surface area (Å²) in [6.45, 7) is 6.33. The predicted octanol–water partition coefficient (Wildman–Crippen LogP) is 5.44. The molecule has 0 spiro atoms. The summed E-state index contributed by atoms with van der Waals surface area (Å²) in [7, 11) is 0. The number of hydrogen-bond donors (Lipinski definition) is 1. The fourth-order valence-electron chi connectivity index (χ4n) is 2.93. The molecule has 0 unspecified atom stereocenters. The Kier molecular flexibility index (Phi) is 6.79. The van der Waals surface area contributed by atoms with Gasteiger partial charge in [0.05, 0.1) is 17.2 Å². The van der Waals surface area contributed by atoms with E-state index in [0.717, 1.165) is 16.1 Å². The minimum absolute atomic E-state index is 0.0842. The predicted molar refractivity (Wildman–Crippen MR) is 118 cm³/mol. The number of thiazole rings is 1. The summed E-state index contributed by atoms with van der Waals surface area (Å²) >= 11 is 1.44. The molecule has 0 aliphatic rings. The Bertz CT molecular complexity index is 1080. The molecule has 8 heteroatoms. The van der Waals surface area contributed by atoms with E-state index in [1.165, 1.54) is 28.5 Å². The molecule has 1 heterocycles. The highest BCUT2D eigenvalue weighted by molar-refractivity contribution is 7.16. The Balaban J connectivity index is 1.53. The van der Waals surface area contributed by atoms with Crippen molar-refractivity contribution in [2.24, 2.45) is 0 Å². The van der Waals surface area contributed by atoms with Gasteiger partial charge in [-0.1, -0.05) is 24.3 Å². The van der Waals surface area contributed by atoms with Gasteiger partial charge in [0.25, 0.3) is 0 Å². The number of aromatic nitrogens is 1. The van der Waals surface area contributed by atoms with E-state index >= 15 is 0 Å². The second-order valence-electron chi connectivity index (χ2n) is 6.95. The number of hydrogen-bond acceptors (Lipinski definition) is 6. The zero-order chi connectivity index (χ0) is 21.7. The van der Waals surface area contributed by atoms with Crippen LogP contribution in [-0.4, -0.2) is 22.4 Å². The fourth-order valence-corrected chi connectivity index (χ4v) is 3.79. The van der Waals surface area contributed by atoms with Crippen molar-refractivity contribution < 1.29 is 14.5 Å². The summed E-state index contributed by atoms with van der Waals surface area (Å²) in [6.07, 6.45) is 0.671. The van der Waals surface area contributed by atoms with E-state index in [2.05, 4.69) is 36.3 Å². The van der Waals surface area contributed by atoms with Crippen molar-refractivity contribution in [3.05, 3.63) is 68.6 Å². The number of carbonyl (C=O) groups excluding carboxylic acids is 1. The number of amides is 1. The molecule has 2 aromatic carbocycles. The summed E-state index contributed by atoms with van der Waals surface area (Å²) in [6, 6.07) is 12.4. The first-order chi connectivity index (χ1) is 14.3. The van der Waals surface area contributed by atoms with Crippen molar-refractivity contribution in [1.82, 2.24) is 4.98 Å². The van der Waals surface area contributed by atoms with Crippen LogP contribution in [0.1, 0.15) is 28.8 Å². The molecule has 1 N–H and O–H groups in total. The number of aryl methyl sites for hydroxylation is 3. The Hall–Kier alpha value is -3.26. The van der Waals surface area contributed by atoms with Crippen molar-refractivity contribution in [3.63, 3.8) is 0 Å². The van der Waals surface area contributed by atoms with Gasteiger partial charge in [-0.25, -0.2) is 4.98 Å². The van der Waals surface area contributed by atoms with E-state index in [9.17, 15) is 14.9 Å². The number of nitrogens with one attached hydrogen (secondary N) is 1. The number of anilines is 1. The van der Waals surface area contributed by atoms with Gasteiger partial charge in [0.2, 0.25) is 5.91 Å². The molecule has 156 valence electrons. The van der Waals surface area contributed by atoms with Crippen LogP contribution in [0, 0.1) is 30.9 Å². The van der Waals surface area contributed by atoms with Crippen molar-refractivity contribution >= 4 is 28.1 Å². The SMILES string of the molecule is Cc1ccc(-c2nc(NC(=O)CCCOc3ccccc3[N+](=O)[O-])sc2C)cc1C. The van der Waals surface area contributed by atoms with Crippen LogP contribution in [-0.2, 0) is 4.79 Å². The Morgan fingerprint density at radius 3 is 2.67 bits per heavy atom. The van der Waals surface area contributed by atoms with Crippen LogP contribution in [0.3, 0.4) is 0 Å². The summed E-state index contributed by atoms with van der Waals surface area (Å²) in [4.78, 5) is 28.4. The van der Waals surface area contributed by atoms with Gasteiger partial charge in [-0.3, -0.25) is 14.9 Å². The number of carbonyl (C=O) groups is 1. The first kappa shape index (κ1) is 21.4. The van der Waals surface area contributed by atoms with Gasteiger partial charge in [0.1, 0.15) is 0 Å². The van der Waals surface area contributed by atoms with Crippen LogP contribution in [0.15, 0.2) is 42.5 Å². The highest BCUT2D eigenvalue weighted by Crippen LogP contribution is 2.31. The van der Waals surface area contributed by atoms with Gasteiger partial charge in [-0.05, 0) is 50.5 Å². The molecule has 30 heavy (non-hydrogen) atoms. The molecule has 0 aliphatic heterocycles. The second-order valence-corrected chi connectivity index (χ2v) is 8.15. The van der Waals surface area contributed by atoms with Gasteiger partial charge in [-0.2, -0.15) is 0 Å². The topological polar surface area (TPSA) is 94.4 Å². The largest absolute Gasteiger partial charge is 0.487 e. The van der Waals surface area contributed by atoms with Crippen LogP contribution >= 0.6 is 11.3 Å². The molecule has 3 aromatic rings. The molecule has 0 saturated carbocycles. The lowest BCUT2D eigenvalue weighted by molar-refractivity contribution is -0.385. The monoisotopic (exact) mass is 425 g/mol. The van der Waals surface area contributed by atoms with E-state index in [-0.39, 0.29) is 30.4 Å². The third-order valence-electron chi connectivity index (χ3n) is 4.69. The first-order valence-electron chi connectivity index (χ1n) is 9.56. The molecule has 3 rings (SSSR count). The number of nitro groups is 1. The van der Waals surface area contributed by atoms with Gasteiger partial charge >= 0.3 is 5.69 Å². The van der Waals surface area contributed by atoms with E-state index in [1.807, 2.05) is 13.0 Å². The minimum Gasteiger partial charge on any atom is -0.487 e. The van der Waals surface area contributed by atoms with Gasteiger partial charge in [-0.15, -0.1) is 11.3 Å². The summed E-state index contributed by atoms with van der Waals surface area (Å²) in [5.74, 6) is 0.0398. The summed E-state index contributed by atoms with van der Waals surface area (Å²) < 4.78 is 5.47. The number of nitro benzene ring substituents is 1. The first-order valence-corrected chi connectivity index (χ1v) is 10.4. The highest BCUT2D eigenvalue weighted by Gasteiger charge is 2.15. The Morgan fingerprint density at radius 1 is 1.17 bits per heavy atom. The lowest BCUT2D eigenvalue weighted by Crippen LogP contribution is -2.12. The third kappa shape index (κ3) is 5.21. The Labute approximate surface area is 178 Å². The molecule has 0 fully saturated rings. The second kappa shape index (κ2) is 9.49. The van der Waals surface area contributed by atoms with Crippen LogP contribution in [0.25, 0.3) is 11.3 Å². The molecular formula is C22H23N3O4S. The van der Waals surface area contributed by atoms with E-state index in [4.69, 9.17) is 4.74 Å². The standard InChI is InChI=1S/C22H23N3O4S/c1-14-10-11-17(13-15(14)2)21-16(3)30-22(24-21)23-20(26)9-6-12-29-19-8-5-4-7-18(19)25(27)28/h4-5,7-8,10-11,13H,6,9,12H2,1-3H3,(H,23,24,26). The van der Waals surface area contributed by atoms with Crippen LogP contribution in [0.2, 0.25) is 0 Å². The maximum atomic E-state index is 12.2. The average Bonchev–Trinajstić information content (AvgIpc) is 3.07. The number of ether oxygens (including phenoxy) is 1. The maximum absolute atomic E-state index is 12.2. The van der Waals surface area contributed by atoms with Crippen LogP contribution in [0.5, 0.6) is 5.75 Å². The third-order valence-corrected chi connectivity index (χ3v) is 5.58. The molecule has 1 amide bonds. The van der Waals surface area contributed by atoms with E-state index < -0.39 is 4.92 Å². The van der Waals surface area contributed by atoms with Crippen molar-refractivity contribution in [2.45, 2.75) is 33.6 Å². The van der Waals surface area contributed by atoms with Gasteiger partial charge in [0.15, 0.2) is 10.9 Å². The molecule has 0 atom stereocenters. The summed E-state index contributed by atoms with van der Waals surface area (Å²) in [5, 5.41) is 14.4. The molecule has 7 nitrogen and oxygen atoms in total. The van der Waals surface area contributed by atoms with Crippen LogP contribution < -0.4 is 10.1 Å². The molecule has 0 radical (unpaired) electrons. The van der Waals surface area contributed by atoms with Crippen molar-refractivity contribution in [2.75, 3.05) is 11.9 Å². The minimum atomic E-state index is -0.486. The lowest BCUT2D eigenvalue weighted by atomic mass is 10.0. The normalized spacial score (nSPS) is 10.6. The molecule has 0 saturated heterocycles.